The van der Waals surface area contributed by atoms with Gasteiger partial charge in [0.05, 0.1) is 0 Å². The Kier molecular flexibility index (Phi) is 5.65. The lowest BCUT2D eigenvalue weighted by Crippen LogP contribution is -2.18. The average molecular weight is 381 g/mol. The first-order valence-electron chi connectivity index (χ1n) is 10.3. The highest BCUT2D eigenvalue weighted by molar-refractivity contribution is 5.98. The number of fused-ring (bicyclic) bond motifs is 1. The zero-order chi connectivity index (χ0) is 20.6. The molecule has 3 nitrogen and oxygen atoms in total. The highest BCUT2D eigenvalue weighted by Crippen LogP contribution is 2.45. The lowest BCUT2D eigenvalue weighted by molar-refractivity contribution is -0.130. The Morgan fingerprint density at radius 2 is 1.75 bits per heavy atom. The van der Waals surface area contributed by atoms with Gasteiger partial charge in [0, 0.05) is 12.0 Å². The van der Waals surface area contributed by atoms with E-state index in [1.165, 1.54) is 11.1 Å². The fourth-order valence-electron chi connectivity index (χ4n) is 4.47. The number of ether oxygens (including phenoxy) is 1. The Labute approximate surface area is 168 Å². The maximum atomic E-state index is 12.7. The molecular formula is C25H32O3. The third-order valence-electron chi connectivity index (χ3n) is 6.56. The van der Waals surface area contributed by atoms with E-state index in [0.717, 1.165) is 24.8 Å². The van der Waals surface area contributed by atoms with Crippen molar-refractivity contribution in [3.05, 3.63) is 53.1 Å². The lowest BCUT2D eigenvalue weighted by atomic mass is 9.86. The summed E-state index contributed by atoms with van der Waals surface area (Å²) < 4.78 is 5.60. The van der Waals surface area contributed by atoms with Gasteiger partial charge in [-0.25, -0.2) is 4.79 Å². The number of carbonyl (C=O) groups excluding carboxylic acids is 2. The van der Waals surface area contributed by atoms with Gasteiger partial charge in [0.2, 0.25) is 0 Å². The Morgan fingerprint density at radius 3 is 2.36 bits per heavy atom. The molecule has 28 heavy (non-hydrogen) atoms. The van der Waals surface area contributed by atoms with Crippen LogP contribution in [0.25, 0.3) is 0 Å². The first kappa shape index (κ1) is 20.6. The molecule has 0 spiro atoms. The van der Waals surface area contributed by atoms with Crippen molar-refractivity contribution in [2.75, 3.05) is 0 Å². The largest absolute Gasteiger partial charge is 0.423 e. The number of carbonyl (C=O) groups is 2. The predicted octanol–water partition coefficient (Wildman–Crippen LogP) is 5.79. The first-order valence-corrected chi connectivity index (χ1v) is 10.3. The topological polar surface area (TPSA) is 43.4 Å². The van der Waals surface area contributed by atoms with Crippen molar-refractivity contribution < 1.29 is 14.3 Å². The van der Waals surface area contributed by atoms with Gasteiger partial charge < -0.3 is 4.74 Å². The van der Waals surface area contributed by atoms with Crippen molar-refractivity contribution in [3.8, 4) is 5.75 Å². The number of rotatable bonds is 3. The van der Waals surface area contributed by atoms with E-state index in [0.29, 0.717) is 29.6 Å². The van der Waals surface area contributed by atoms with Crippen LogP contribution in [0.4, 0.5) is 0 Å². The summed E-state index contributed by atoms with van der Waals surface area (Å²) in [6.45, 7) is 14.7. The van der Waals surface area contributed by atoms with Crippen LogP contribution >= 0.6 is 0 Å². The average Bonchev–Trinajstić information content (AvgIpc) is 2.81. The van der Waals surface area contributed by atoms with Crippen LogP contribution in [0.1, 0.15) is 65.9 Å². The van der Waals surface area contributed by atoms with Gasteiger partial charge in [-0.15, -0.1) is 0 Å². The number of Topliss-reactive ketones (excluding diaryl/α,β-unsaturated/α-hetero) is 1. The SMILES string of the molecule is C=C(C(=O)Oc1ccc(C(C)(C)C)cc1)[C@H]1CCC(C)C2CC(=O)C(C)=C2C1. The molecule has 3 rings (SSSR count). The van der Waals surface area contributed by atoms with Crippen LogP contribution in [0.3, 0.4) is 0 Å². The second-order valence-electron chi connectivity index (χ2n) is 9.53. The summed E-state index contributed by atoms with van der Waals surface area (Å²) in [5, 5.41) is 0. The first-order chi connectivity index (χ1) is 13.1. The van der Waals surface area contributed by atoms with Crippen molar-refractivity contribution in [3.63, 3.8) is 0 Å². The molecule has 150 valence electrons. The zero-order valence-corrected chi connectivity index (χ0v) is 17.8. The molecule has 0 N–H and O–H groups in total. The Balaban J connectivity index is 1.71. The third-order valence-corrected chi connectivity index (χ3v) is 6.56. The molecule has 3 atom stereocenters. The highest BCUT2D eigenvalue weighted by Gasteiger charge is 2.38. The van der Waals surface area contributed by atoms with E-state index in [1.807, 2.05) is 31.2 Å². The van der Waals surface area contributed by atoms with E-state index in [2.05, 4.69) is 34.3 Å². The molecular weight excluding hydrogens is 348 g/mol. The van der Waals surface area contributed by atoms with E-state index in [1.54, 1.807) is 0 Å². The summed E-state index contributed by atoms with van der Waals surface area (Å²) >= 11 is 0. The number of hydrogen-bond acceptors (Lipinski definition) is 3. The molecule has 1 aromatic rings. The van der Waals surface area contributed by atoms with E-state index in [-0.39, 0.29) is 23.1 Å². The van der Waals surface area contributed by atoms with E-state index >= 15 is 0 Å². The molecule has 2 aliphatic carbocycles. The molecule has 1 aromatic carbocycles. The molecule has 2 unspecified atom stereocenters. The van der Waals surface area contributed by atoms with E-state index < -0.39 is 0 Å². The molecule has 0 amide bonds. The summed E-state index contributed by atoms with van der Waals surface area (Å²) in [5.74, 6) is 1.30. The second kappa shape index (κ2) is 7.69. The van der Waals surface area contributed by atoms with Gasteiger partial charge >= 0.3 is 5.97 Å². The summed E-state index contributed by atoms with van der Waals surface area (Å²) in [6, 6.07) is 7.70. The van der Waals surface area contributed by atoms with Crippen LogP contribution in [0.5, 0.6) is 5.75 Å². The van der Waals surface area contributed by atoms with Crippen molar-refractivity contribution in [2.45, 2.75) is 65.7 Å². The van der Waals surface area contributed by atoms with Crippen LogP contribution in [-0.4, -0.2) is 11.8 Å². The Hall–Kier alpha value is -2.16. The molecule has 2 aliphatic rings. The summed E-state index contributed by atoms with van der Waals surface area (Å²) in [4.78, 5) is 24.9. The molecule has 0 aromatic heterocycles. The quantitative estimate of drug-likeness (QED) is 0.379. The van der Waals surface area contributed by atoms with Gasteiger partial charge in [-0.1, -0.05) is 52.0 Å². The van der Waals surface area contributed by atoms with E-state index in [9.17, 15) is 9.59 Å². The van der Waals surface area contributed by atoms with Crippen LogP contribution in [0.15, 0.2) is 47.6 Å². The van der Waals surface area contributed by atoms with Crippen LogP contribution in [0, 0.1) is 17.8 Å². The van der Waals surface area contributed by atoms with Gasteiger partial charge in [0.15, 0.2) is 5.78 Å². The third kappa shape index (κ3) is 4.14. The number of ketones is 1. The van der Waals surface area contributed by atoms with Crippen molar-refractivity contribution >= 4 is 11.8 Å². The number of benzene rings is 1. The van der Waals surface area contributed by atoms with Crippen LogP contribution < -0.4 is 4.74 Å². The Bertz CT molecular complexity index is 820. The van der Waals surface area contributed by atoms with Gasteiger partial charge in [0.1, 0.15) is 5.75 Å². The monoisotopic (exact) mass is 380 g/mol. The molecule has 0 saturated heterocycles. The summed E-state index contributed by atoms with van der Waals surface area (Å²) in [6.07, 6.45) is 3.31. The molecule has 3 heteroatoms. The lowest BCUT2D eigenvalue weighted by Gasteiger charge is -2.20. The molecule has 0 radical (unpaired) electrons. The number of hydrogen-bond donors (Lipinski definition) is 0. The predicted molar refractivity (Wildman–Crippen MR) is 112 cm³/mol. The van der Waals surface area contributed by atoms with Gasteiger partial charge in [-0.3, -0.25) is 4.79 Å². The van der Waals surface area contributed by atoms with E-state index in [4.69, 9.17) is 4.74 Å². The van der Waals surface area contributed by atoms with Crippen LogP contribution in [0.2, 0.25) is 0 Å². The second-order valence-corrected chi connectivity index (χ2v) is 9.53. The molecule has 1 fully saturated rings. The highest BCUT2D eigenvalue weighted by atomic mass is 16.5. The number of esters is 1. The zero-order valence-electron chi connectivity index (χ0n) is 17.8. The minimum atomic E-state index is -0.359. The fourth-order valence-corrected chi connectivity index (χ4v) is 4.47. The van der Waals surface area contributed by atoms with Gasteiger partial charge in [-0.05, 0) is 72.6 Å². The van der Waals surface area contributed by atoms with Crippen LogP contribution in [-0.2, 0) is 15.0 Å². The number of allylic oxidation sites excluding steroid dienone is 2. The van der Waals surface area contributed by atoms with Crippen molar-refractivity contribution in [1.82, 2.24) is 0 Å². The van der Waals surface area contributed by atoms with Crippen molar-refractivity contribution in [1.29, 1.82) is 0 Å². The molecule has 0 heterocycles. The summed E-state index contributed by atoms with van der Waals surface area (Å²) in [5.41, 5.74) is 3.92. The molecule has 0 bridgehead atoms. The fraction of sp³-hybridized carbons (Fsp3) is 0.520. The maximum absolute atomic E-state index is 12.7. The molecule has 1 saturated carbocycles. The minimum absolute atomic E-state index is 0.0460. The van der Waals surface area contributed by atoms with Gasteiger partial charge in [-0.2, -0.15) is 0 Å². The Morgan fingerprint density at radius 1 is 1.11 bits per heavy atom. The standard InChI is InChI=1S/C25H32O3/c1-15-7-8-18(13-22-17(3)23(26)14-21(15)22)16(2)24(27)28-20-11-9-19(10-12-20)25(4,5)6/h9-12,15,18,21H,2,7-8,13-14H2,1,3-6H3/t15?,18-,21?/m0/s1. The minimum Gasteiger partial charge on any atom is -0.423 e. The smallest absolute Gasteiger partial charge is 0.339 e. The van der Waals surface area contributed by atoms with Gasteiger partial charge in [0.25, 0.3) is 0 Å². The maximum Gasteiger partial charge on any atom is 0.339 e. The van der Waals surface area contributed by atoms with Crippen molar-refractivity contribution in [2.24, 2.45) is 17.8 Å². The summed E-state index contributed by atoms with van der Waals surface area (Å²) in [7, 11) is 0. The molecule has 0 aliphatic heterocycles. The normalized spacial score (nSPS) is 25.3.